The zero-order valence-corrected chi connectivity index (χ0v) is 10.8. The molecule has 0 aliphatic carbocycles. The van der Waals surface area contributed by atoms with Crippen LogP contribution in [-0.2, 0) is 6.54 Å². The van der Waals surface area contributed by atoms with Gasteiger partial charge in [-0.05, 0) is 13.3 Å². The van der Waals surface area contributed by atoms with Crippen molar-refractivity contribution in [1.29, 1.82) is 0 Å². The van der Waals surface area contributed by atoms with E-state index in [4.69, 9.17) is 10.5 Å². The Morgan fingerprint density at radius 3 is 3.00 bits per heavy atom. The highest BCUT2D eigenvalue weighted by Gasteiger charge is 2.04. The van der Waals surface area contributed by atoms with Crippen molar-refractivity contribution in [3.63, 3.8) is 0 Å². The van der Waals surface area contributed by atoms with Crippen molar-refractivity contribution in [3.8, 4) is 6.01 Å². The van der Waals surface area contributed by atoms with E-state index in [0.717, 1.165) is 19.5 Å². The average Bonchev–Trinajstić information content (AvgIpc) is 2.87. The number of nitrogen functional groups attached to an aromatic ring is 1. The Labute approximate surface area is 111 Å². The monoisotopic (exact) mass is 263 g/mol. The minimum Gasteiger partial charge on any atom is -0.464 e. The molecule has 2 aromatic rings. The lowest BCUT2D eigenvalue weighted by Gasteiger charge is -2.07. The minimum atomic E-state index is 0.149. The van der Waals surface area contributed by atoms with Crippen molar-refractivity contribution in [3.05, 3.63) is 18.7 Å². The minimum absolute atomic E-state index is 0.149. The fourth-order valence-corrected chi connectivity index (χ4v) is 1.53. The number of aryl methyl sites for hydroxylation is 1. The van der Waals surface area contributed by atoms with Gasteiger partial charge < -0.3 is 20.4 Å². The molecule has 0 saturated carbocycles. The fourth-order valence-electron chi connectivity index (χ4n) is 1.53. The van der Waals surface area contributed by atoms with Crippen molar-refractivity contribution >= 4 is 11.9 Å². The third kappa shape index (κ3) is 4.09. The molecule has 8 heteroatoms. The molecule has 0 spiro atoms. The molecule has 0 unspecified atom stereocenters. The molecule has 3 N–H and O–H groups in total. The predicted molar refractivity (Wildman–Crippen MR) is 70.7 cm³/mol. The first-order valence-corrected chi connectivity index (χ1v) is 6.12. The number of nitrogens with one attached hydrogen (secondary N) is 1. The number of hydrogen-bond acceptors (Lipinski definition) is 7. The first-order valence-electron chi connectivity index (χ1n) is 6.12. The molecule has 0 amide bonds. The van der Waals surface area contributed by atoms with Gasteiger partial charge in [-0.1, -0.05) is 0 Å². The molecule has 0 aliphatic rings. The summed E-state index contributed by atoms with van der Waals surface area (Å²) < 4.78 is 7.21. The Morgan fingerprint density at radius 1 is 1.37 bits per heavy atom. The van der Waals surface area contributed by atoms with Crippen LogP contribution in [0.1, 0.15) is 13.3 Å². The van der Waals surface area contributed by atoms with Gasteiger partial charge in [-0.15, -0.1) is 0 Å². The number of ether oxygens (including phenoxy) is 1. The average molecular weight is 263 g/mol. The number of rotatable bonds is 7. The van der Waals surface area contributed by atoms with Gasteiger partial charge in [0, 0.05) is 25.5 Å². The summed E-state index contributed by atoms with van der Waals surface area (Å²) in [5.74, 6) is 0.581. The second kappa shape index (κ2) is 6.53. The van der Waals surface area contributed by atoms with Crippen LogP contribution in [0.15, 0.2) is 18.7 Å². The molecule has 2 aromatic heterocycles. The Balaban J connectivity index is 1.81. The van der Waals surface area contributed by atoms with Crippen LogP contribution in [0.25, 0.3) is 0 Å². The van der Waals surface area contributed by atoms with Gasteiger partial charge in [-0.3, -0.25) is 0 Å². The first kappa shape index (κ1) is 13.1. The van der Waals surface area contributed by atoms with E-state index in [1.165, 1.54) is 0 Å². The summed E-state index contributed by atoms with van der Waals surface area (Å²) in [7, 11) is 0. The van der Waals surface area contributed by atoms with Gasteiger partial charge >= 0.3 is 6.01 Å². The van der Waals surface area contributed by atoms with E-state index >= 15 is 0 Å². The molecule has 0 atom stereocenters. The number of anilines is 2. The largest absolute Gasteiger partial charge is 0.464 e. The third-order valence-electron chi connectivity index (χ3n) is 2.34. The number of hydrogen-bond donors (Lipinski definition) is 2. The quantitative estimate of drug-likeness (QED) is 0.703. The first-order chi connectivity index (χ1) is 9.28. The molecular weight excluding hydrogens is 246 g/mol. The highest BCUT2D eigenvalue weighted by atomic mass is 16.5. The SMILES string of the molecule is CCOc1nc(N)nc(NCCCn2ccnc2)n1. The van der Waals surface area contributed by atoms with E-state index < -0.39 is 0 Å². The van der Waals surface area contributed by atoms with E-state index in [2.05, 4.69) is 25.3 Å². The van der Waals surface area contributed by atoms with Crippen LogP contribution in [0.4, 0.5) is 11.9 Å². The van der Waals surface area contributed by atoms with Crippen molar-refractivity contribution in [1.82, 2.24) is 24.5 Å². The van der Waals surface area contributed by atoms with Gasteiger partial charge in [0.2, 0.25) is 11.9 Å². The van der Waals surface area contributed by atoms with Crippen LogP contribution >= 0.6 is 0 Å². The lowest BCUT2D eigenvalue weighted by Crippen LogP contribution is -2.11. The third-order valence-corrected chi connectivity index (χ3v) is 2.34. The lowest BCUT2D eigenvalue weighted by molar-refractivity contribution is 0.312. The highest BCUT2D eigenvalue weighted by Crippen LogP contribution is 2.08. The van der Waals surface area contributed by atoms with Crippen LogP contribution in [0.5, 0.6) is 6.01 Å². The zero-order valence-electron chi connectivity index (χ0n) is 10.8. The van der Waals surface area contributed by atoms with Crippen LogP contribution in [0.3, 0.4) is 0 Å². The number of nitrogens with zero attached hydrogens (tertiary/aromatic N) is 5. The Kier molecular flexibility index (Phi) is 4.49. The van der Waals surface area contributed by atoms with E-state index in [9.17, 15) is 0 Å². The van der Waals surface area contributed by atoms with Gasteiger partial charge in [0.05, 0.1) is 12.9 Å². The molecule has 102 valence electrons. The van der Waals surface area contributed by atoms with E-state index in [1.54, 1.807) is 12.5 Å². The summed E-state index contributed by atoms with van der Waals surface area (Å²) in [6.45, 7) is 3.96. The predicted octanol–water partition coefficient (Wildman–Crippen LogP) is 0.551. The van der Waals surface area contributed by atoms with Crippen LogP contribution in [-0.4, -0.2) is 37.7 Å². The van der Waals surface area contributed by atoms with Gasteiger partial charge in [-0.2, -0.15) is 15.0 Å². The summed E-state index contributed by atoms with van der Waals surface area (Å²) in [4.78, 5) is 16.0. The fraction of sp³-hybridized carbons (Fsp3) is 0.455. The van der Waals surface area contributed by atoms with Gasteiger partial charge in [0.15, 0.2) is 0 Å². The Hall–Kier alpha value is -2.38. The summed E-state index contributed by atoms with van der Waals surface area (Å²) in [5, 5.41) is 3.09. The maximum atomic E-state index is 5.58. The number of imidazole rings is 1. The molecule has 2 rings (SSSR count). The Bertz CT molecular complexity index is 500. The van der Waals surface area contributed by atoms with E-state index in [1.807, 2.05) is 17.7 Å². The maximum absolute atomic E-state index is 5.58. The second-order valence-corrected chi connectivity index (χ2v) is 3.81. The van der Waals surface area contributed by atoms with Crippen molar-refractivity contribution in [2.24, 2.45) is 0 Å². The normalized spacial score (nSPS) is 10.4. The number of aromatic nitrogens is 5. The molecule has 19 heavy (non-hydrogen) atoms. The molecule has 0 aromatic carbocycles. The summed E-state index contributed by atoms with van der Waals surface area (Å²) in [6.07, 6.45) is 6.39. The maximum Gasteiger partial charge on any atom is 0.323 e. The second-order valence-electron chi connectivity index (χ2n) is 3.81. The van der Waals surface area contributed by atoms with Crippen LogP contribution in [0, 0.1) is 0 Å². The zero-order chi connectivity index (χ0) is 13.5. The van der Waals surface area contributed by atoms with E-state index in [0.29, 0.717) is 12.6 Å². The lowest BCUT2D eigenvalue weighted by atomic mass is 10.4. The standard InChI is InChI=1S/C11H17N7O/c1-2-19-11-16-9(12)15-10(17-11)14-4-3-6-18-7-5-13-8-18/h5,7-8H,2-4,6H2,1H3,(H3,12,14,15,16,17). The van der Waals surface area contributed by atoms with Crippen LogP contribution < -0.4 is 15.8 Å². The molecule has 2 heterocycles. The summed E-state index contributed by atoms with van der Waals surface area (Å²) in [6, 6.07) is 0.243. The smallest absolute Gasteiger partial charge is 0.323 e. The molecule has 8 nitrogen and oxygen atoms in total. The molecule has 0 saturated heterocycles. The highest BCUT2D eigenvalue weighted by molar-refractivity contribution is 5.32. The Morgan fingerprint density at radius 2 is 2.26 bits per heavy atom. The van der Waals surface area contributed by atoms with Gasteiger partial charge in [-0.25, -0.2) is 4.98 Å². The van der Waals surface area contributed by atoms with Gasteiger partial charge in [0.1, 0.15) is 0 Å². The molecular formula is C11H17N7O. The van der Waals surface area contributed by atoms with Crippen molar-refractivity contribution in [2.45, 2.75) is 19.9 Å². The van der Waals surface area contributed by atoms with Crippen LogP contribution in [0.2, 0.25) is 0 Å². The van der Waals surface area contributed by atoms with E-state index in [-0.39, 0.29) is 12.0 Å². The molecule has 0 bridgehead atoms. The summed E-state index contributed by atoms with van der Waals surface area (Å²) in [5.41, 5.74) is 5.58. The number of nitrogens with two attached hydrogens (primary N) is 1. The van der Waals surface area contributed by atoms with Gasteiger partial charge in [0.25, 0.3) is 0 Å². The van der Waals surface area contributed by atoms with Crippen molar-refractivity contribution in [2.75, 3.05) is 24.2 Å². The topological polar surface area (TPSA) is 104 Å². The molecule has 0 fully saturated rings. The molecule has 0 aliphatic heterocycles. The molecule has 0 radical (unpaired) electrons. The van der Waals surface area contributed by atoms with Crippen molar-refractivity contribution < 1.29 is 4.74 Å². The summed E-state index contributed by atoms with van der Waals surface area (Å²) >= 11 is 0.